The second-order valence-electron chi connectivity index (χ2n) is 5.84. The predicted octanol–water partition coefficient (Wildman–Crippen LogP) is 2.23. The van der Waals surface area contributed by atoms with E-state index < -0.39 is 23.3 Å². The van der Waals surface area contributed by atoms with Crippen molar-refractivity contribution in [2.24, 2.45) is 0 Å². The van der Waals surface area contributed by atoms with Gasteiger partial charge in [-0.2, -0.15) is 11.8 Å². The smallest absolute Gasteiger partial charge is 0.315 e. The number of thioether (sulfide) groups is 1. The first-order chi connectivity index (χ1) is 10.3. The lowest BCUT2D eigenvalue weighted by Gasteiger charge is -2.22. The number of carbonyl (C=O) groups is 1. The number of hydrogen-bond donors (Lipinski definition) is 3. The number of rotatable bonds is 6. The van der Waals surface area contributed by atoms with Crippen LogP contribution in [0.15, 0.2) is 18.2 Å². The van der Waals surface area contributed by atoms with Gasteiger partial charge in [0.1, 0.15) is 11.6 Å². The first-order valence-corrected chi connectivity index (χ1v) is 8.43. The third-order valence-corrected chi connectivity index (χ3v) is 4.47. The summed E-state index contributed by atoms with van der Waals surface area (Å²) in [4.78, 5) is 11.8. The van der Waals surface area contributed by atoms with Crippen molar-refractivity contribution in [1.29, 1.82) is 0 Å². The van der Waals surface area contributed by atoms with Crippen molar-refractivity contribution in [1.82, 2.24) is 10.6 Å². The molecular formula is C15H20F2N2O2S. The second kappa shape index (κ2) is 6.83. The van der Waals surface area contributed by atoms with E-state index >= 15 is 0 Å². The van der Waals surface area contributed by atoms with Gasteiger partial charge in [-0.15, -0.1) is 0 Å². The molecule has 1 aliphatic carbocycles. The van der Waals surface area contributed by atoms with Crippen LogP contribution in [0.1, 0.15) is 24.8 Å². The summed E-state index contributed by atoms with van der Waals surface area (Å²) in [6.45, 7) is 1.75. The van der Waals surface area contributed by atoms with E-state index in [1.54, 1.807) is 6.92 Å². The molecule has 4 nitrogen and oxygen atoms in total. The largest absolute Gasteiger partial charge is 0.387 e. The van der Waals surface area contributed by atoms with Crippen LogP contribution in [0.2, 0.25) is 0 Å². The molecular weight excluding hydrogens is 310 g/mol. The molecule has 1 saturated carbocycles. The molecule has 7 heteroatoms. The Morgan fingerprint density at radius 2 is 2.09 bits per heavy atom. The molecule has 1 fully saturated rings. The highest BCUT2D eigenvalue weighted by molar-refractivity contribution is 7.98. The Hall–Kier alpha value is -1.34. The van der Waals surface area contributed by atoms with Gasteiger partial charge in [0, 0.05) is 29.8 Å². The highest BCUT2D eigenvalue weighted by Gasteiger charge is 2.42. The lowest BCUT2D eigenvalue weighted by Crippen LogP contribution is -2.46. The highest BCUT2D eigenvalue weighted by Crippen LogP contribution is 2.42. The van der Waals surface area contributed by atoms with Crippen molar-refractivity contribution < 1.29 is 18.7 Å². The van der Waals surface area contributed by atoms with Crippen LogP contribution in [-0.4, -0.2) is 41.3 Å². The van der Waals surface area contributed by atoms with E-state index in [4.69, 9.17) is 0 Å². The van der Waals surface area contributed by atoms with Crippen molar-refractivity contribution in [3.63, 3.8) is 0 Å². The molecule has 0 aliphatic heterocycles. The van der Waals surface area contributed by atoms with Gasteiger partial charge >= 0.3 is 6.03 Å². The fourth-order valence-electron chi connectivity index (χ4n) is 2.39. The van der Waals surface area contributed by atoms with E-state index in [1.165, 1.54) is 30.0 Å². The standard InChI is InChI=1S/C15H20F2N2O2S/c1-15(21,8-22-2)7-18-14(20)19-12-6-9(12)13-10(16)4-3-5-11(13)17/h3-5,9,12,21H,6-8H2,1-2H3,(H2,18,19,20). The zero-order chi connectivity index (χ0) is 16.3. The Morgan fingerprint density at radius 3 is 2.68 bits per heavy atom. The van der Waals surface area contributed by atoms with Crippen LogP contribution in [0.5, 0.6) is 0 Å². The molecule has 1 aromatic carbocycles. The summed E-state index contributed by atoms with van der Waals surface area (Å²) >= 11 is 1.48. The topological polar surface area (TPSA) is 61.4 Å². The van der Waals surface area contributed by atoms with Crippen molar-refractivity contribution >= 4 is 17.8 Å². The van der Waals surface area contributed by atoms with E-state index in [0.29, 0.717) is 12.2 Å². The molecule has 1 aromatic rings. The first-order valence-electron chi connectivity index (χ1n) is 7.03. The van der Waals surface area contributed by atoms with Gasteiger partial charge in [-0.25, -0.2) is 13.6 Å². The van der Waals surface area contributed by atoms with Crippen molar-refractivity contribution in [3.8, 4) is 0 Å². The van der Waals surface area contributed by atoms with Gasteiger partial charge in [-0.05, 0) is 31.7 Å². The summed E-state index contributed by atoms with van der Waals surface area (Å²) in [5.41, 5.74) is -0.959. The maximum absolute atomic E-state index is 13.6. The zero-order valence-electron chi connectivity index (χ0n) is 12.5. The van der Waals surface area contributed by atoms with Crippen molar-refractivity contribution in [3.05, 3.63) is 35.4 Å². The minimum atomic E-state index is -0.989. The Labute approximate surface area is 132 Å². The zero-order valence-corrected chi connectivity index (χ0v) is 13.3. The summed E-state index contributed by atoms with van der Waals surface area (Å²) in [6.07, 6.45) is 2.37. The van der Waals surface area contributed by atoms with Crippen LogP contribution >= 0.6 is 11.8 Å². The number of urea groups is 1. The van der Waals surface area contributed by atoms with Gasteiger partial charge in [0.15, 0.2) is 0 Å². The number of carbonyl (C=O) groups excluding carboxylic acids is 1. The third-order valence-electron chi connectivity index (χ3n) is 3.56. The molecule has 122 valence electrons. The number of benzene rings is 1. The molecule has 22 heavy (non-hydrogen) atoms. The van der Waals surface area contributed by atoms with Crippen LogP contribution in [0.3, 0.4) is 0 Å². The minimum Gasteiger partial charge on any atom is -0.387 e. The van der Waals surface area contributed by atoms with Gasteiger partial charge < -0.3 is 15.7 Å². The van der Waals surface area contributed by atoms with Crippen LogP contribution in [0, 0.1) is 11.6 Å². The molecule has 0 heterocycles. The molecule has 3 N–H and O–H groups in total. The van der Waals surface area contributed by atoms with Crippen LogP contribution in [-0.2, 0) is 0 Å². The maximum atomic E-state index is 13.6. The lowest BCUT2D eigenvalue weighted by molar-refractivity contribution is 0.0869. The monoisotopic (exact) mass is 330 g/mol. The summed E-state index contributed by atoms with van der Waals surface area (Å²) in [5.74, 6) is -1.01. The van der Waals surface area contributed by atoms with E-state index in [-0.39, 0.29) is 24.1 Å². The minimum absolute atomic E-state index is 0.0298. The van der Waals surface area contributed by atoms with Gasteiger partial charge in [0.25, 0.3) is 0 Å². The molecule has 0 saturated heterocycles. The Bertz CT molecular complexity index is 534. The van der Waals surface area contributed by atoms with Gasteiger partial charge in [-0.3, -0.25) is 0 Å². The van der Waals surface area contributed by atoms with Crippen LogP contribution in [0.25, 0.3) is 0 Å². The van der Waals surface area contributed by atoms with E-state index in [0.717, 1.165) is 0 Å². The first kappa shape index (κ1) is 17.0. The predicted molar refractivity (Wildman–Crippen MR) is 83.0 cm³/mol. The summed E-state index contributed by atoms with van der Waals surface area (Å²) in [7, 11) is 0. The molecule has 3 unspecified atom stereocenters. The molecule has 0 aromatic heterocycles. The fourth-order valence-corrected chi connectivity index (χ4v) is 3.11. The second-order valence-corrected chi connectivity index (χ2v) is 6.71. The van der Waals surface area contributed by atoms with Gasteiger partial charge in [0.2, 0.25) is 0 Å². The number of hydrogen-bond acceptors (Lipinski definition) is 3. The number of aliphatic hydroxyl groups is 1. The fraction of sp³-hybridized carbons (Fsp3) is 0.533. The molecule has 0 bridgehead atoms. The van der Waals surface area contributed by atoms with Crippen molar-refractivity contribution in [2.75, 3.05) is 18.6 Å². The molecule has 0 spiro atoms. The Balaban J connectivity index is 1.83. The van der Waals surface area contributed by atoms with E-state index in [2.05, 4.69) is 10.6 Å². The van der Waals surface area contributed by atoms with Crippen molar-refractivity contribution in [2.45, 2.75) is 30.9 Å². The van der Waals surface area contributed by atoms with E-state index in [1.807, 2.05) is 6.26 Å². The number of amides is 2. The molecule has 0 radical (unpaired) electrons. The normalized spacial score (nSPS) is 22.8. The Morgan fingerprint density at radius 1 is 1.45 bits per heavy atom. The number of halogens is 2. The molecule has 2 rings (SSSR count). The van der Waals surface area contributed by atoms with Gasteiger partial charge in [0.05, 0.1) is 5.60 Å². The number of nitrogens with one attached hydrogen (secondary N) is 2. The highest BCUT2D eigenvalue weighted by atomic mass is 32.2. The summed E-state index contributed by atoms with van der Waals surface area (Å²) < 4.78 is 27.3. The quantitative estimate of drug-likeness (QED) is 0.750. The van der Waals surface area contributed by atoms with Crippen LogP contribution in [0.4, 0.5) is 13.6 Å². The lowest BCUT2D eigenvalue weighted by atomic mass is 10.1. The van der Waals surface area contributed by atoms with Gasteiger partial charge in [-0.1, -0.05) is 6.07 Å². The summed E-state index contributed by atoms with van der Waals surface area (Å²) in [6, 6.07) is 3.03. The summed E-state index contributed by atoms with van der Waals surface area (Å²) in [5, 5.41) is 15.2. The molecule has 3 atom stereocenters. The molecule has 1 aliphatic rings. The maximum Gasteiger partial charge on any atom is 0.315 e. The SMILES string of the molecule is CSCC(C)(O)CNC(=O)NC1CC1c1c(F)cccc1F. The molecule has 2 amide bonds. The Kier molecular flexibility index (Phi) is 5.28. The third kappa shape index (κ3) is 4.33. The average molecular weight is 330 g/mol. The average Bonchev–Trinajstić information content (AvgIpc) is 3.15. The van der Waals surface area contributed by atoms with E-state index in [9.17, 15) is 18.7 Å². The van der Waals surface area contributed by atoms with Crippen LogP contribution < -0.4 is 10.6 Å².